The summed E-state index contributed by atoms with van der Waals surface area (Å²) in [5.41, 5.74) is 6.03. The molecule has 0 saturated carbocycles. The van der Waals surface area contributed by atoms with E-state index in [0.29, 0.717) is 0 Å². The van der Waals surface area contributed by atoms with E-state index in [0.717, 1.165) is 54.8 Å². The Bertz CT molecular complexity index is 2350. The number of hydrogen-bond donors (Lipinski definition) is 0. The molecule has 0 aliphatic carbocycles. The highest BCUT2D eigenvalue weighted by Gasteiger charge is 2.15. The summed E-state index contributed by atoms with van der Waals surface area (Å²) in [6.45, 7) is 0. The fourth-order valence-corrected chi connectivity index (χ4v) is 6.22. The molecule has 0 bridgehead atoms. The topological polar surface area (TPSA) is 26.3 Å². The average molecular weight is 485 g/mol. The second-order valence-corrected chi connectivity index (χ2v) is 10.1. The van der Waals surface area contributed by atoms with Gasteiger partial charge in [-0.25, -0.2) is 0 Å². The third-order valence-electron chi connectivity index (χ3n) is 7.99. The van der Waals surface area contributed by atoms with Crippen molar-refractivity contribution in [2.45, 2.75) is 0 Å². The minimum Gasteiger partial charge on any atom is -0.456 e. The Morgan fingerprint density at radius 2 is 0.842 bits per heavy atom. The van der Waals surface area contributed by atoms with Crippen LogP contribution in [0.25, 0.3) is 87.3 Å². The van der Waals surface area contributed by atoms with Crippen LogP contribution in [-0.4, -0.2) is 0 Å². The molecule has 2 aromatic heterocycles. The predicted molar refractivity (Wildman–Crippen MR) is 159 cm³/mol. The van der Waals surface area contributed by atoms with Gasteiger partial charge in [0.05, 0.1) is 0 Å². The zero-order valence-electron chi connectivity index (χ0n) is 20.4. The molecule has 0 atom stereocenters. The molecule has 0 fully saturated rings. The summed E-state index contributed by atoms with van der Waals surface area (Å²) in [4.78, 5) is 0. The number of benzene rings is 7. The lowest BCUT2D eigenvalue weighted by Gasteiger charge is -2.12. The molecule has 9 rings (SSSR count). The van der Waals surface area contributed by atoms with E-state index in [-0.39, 0.29) is 0 Å². The van der Waals surface area contributed by atoms with Crippen molar-refractivity contribution in [3.8, 4) is 11.1 Å². The standard InChI is InChI=1S/C36H20O2/c1-3-9-26-21(7-1)15-22-8-2-4-10-27(22)36(26)23-13-14-29-31-17-24-16-30-28-11-5-6-12-32(28)37-34(30)19-25(24)20-35(31)38-33(29)18-23/h1-20H. The van der Waals surface area contributed by atoms with Gasteiger partial charge < -0.3 is 8.83 Å². The monoisotopic (exact) mass is 484 g/mol. The third kappa shape index (κ3) is 2.72. The Morgan fingerprint density at radius 1 is 0.316 bits per heavy atom. The Labute approximate surface area is 217 Å². The molecule has 0 aliphatic rings. The lowest BCUT2D eigenvalue weighted by Crippen LogP contribution is -1.85. The molecule has 0 saturated heterocycles. The van der Waals surface area contributed by atoms with E-state index in [2.05, 4.69) is 109 Å². The van der Waals surface area contributed by atoms with E-state index in [1.54, 1.807) is 0 Å². The molecule has 0 amide bonds. The maximum absolute atomic E-state index is 6.49. The molecular formula is C36H20O2. The summed E-state index contributed by atoms with van der Waals surface area (Å²) in [7, 11) is 0. The second kappa shape index (κ2) is 7.24. The Balaban J connectivity index is 1.31. The Morgan fingerprint density at radius 3 is 1.55 bits per heavy atom. The Kier molecular flexibility index (Phi) is 3.82. The maximum atomic E-state index is 6.49. The third-order valence-corrected chi connectivity index (χ3v) is 7.99. The largest absolute Gasteiger partial charge is 0.456 e. The van der Waals surface area contributed by atoms with E-state index in [9.17, 15) is 0 Å². The molecule has 7 aromatic carbocycles. The van der Waals surface area contributed by atoms with Crippen LogP contribution in [0.1, 0.15) is 0 Å². The zero-order chi connectivity index (χ0) is 24.8. The van der Waals surface area contributed by atoms with Crippen molar-refractivity contribution in [3.05, 3.63) is 121 Å². The highest BCUT2D eigenvalue weighted by atomic mass is 16.3. The van der Waals surface area contributed by atoms with Gasteiger partial charge in [0.2, 0.25) is 0 Å². The van der Waals surface area contributed by atoms with E-state index < -0.39 is 0 Å². The van der Waals surface area contributed by atoms with Crippen LogP contribution in [0.2, 0.25) is 0 Å². The van der Waals surface area contributed by atoms with E-state index in [1.165, 1.54) is 32.5 Å². The van der Waals surface area contributed by atoms with E-state index in [1.807, 2.05) is 12.1 Å². The van der Waals surface area contributed by atoms with Crippen molar-refractivity contribution in [1.29, 1.82) is 0 Å². The van der Waals surface area contributed by atoms with E-state index >= 15 is 0 Å². The first-order chi connectivity index (χ1) is 18.8. The molecule has 0 unspecified atom stereocenters. The highest BCUT2D eigenvalue weighted by Crippen LogP contribution is 2.40. The first-order valence-electron chi connectivity index (χ1n) is 12.9. The number of para-hydroxylation sites is 1. The molecule has 38 heavy (non-hydrogen) atoms. The first kappa shape index (κ1) is 20.0. The molecule has 176 valence electrons. The van der Waals surface area contributed by atoms with Crippen LogP contribution < -0.4 is 0 Å². The molecule has 0 radical (unpaired) electrons. The molecule has 0 N–H and O–H groups in total. The van der Waals surface area contributed by atoms with Gasteiger partial charge in [0.1, 0.15) is 22.3 Å². The minimum atomic E-state index is 0.892. The van der Waals surface area contributed by atoms with Crippen LogP contribution in [0.4, 0.5) is 0 Å². The summed E-state index contributed by atoms with van der Waals surface area (Å²) in [5.74, 6) is 0. The van der Waals surface area contributed by atoms with Gasteiger partial charge in [0.15, 0.2) is 0 Å². The number of furan rings is 2. The van der Waals surface area contributed by atoms with Gasteiger partial charge >= 0.3 is 0 Å². The van der Waals surface area contributed by atoms with Gasteiger partial charge in [-0.15, -0.1) is 0 Å². The van der Waals surface area contributed by atoms with Gasteiger partial charge in [-0.05, 0) is 92.0 Å². The molecule has 2 nitrogen and oxygen atoms in total. The van der Waals surface area contributed by atoms with Crippen molar-refractivity contribution in [2.75, 3.05) is 0 Å². The van der Waals surface area contributed by atoms with Crippen LogP contribution in [-0.2, 0) is 0 Å². The van der Waals surface area contributed by atoms with Crippen molar-refractivity contribution in [1.82, 2.24) is 0 Å². The normalized spacial score (nSPS) is 12.2. The van der Waals surface area contributed by atoms with Crippen LogP contribution in [0.3, 0.4) is 0 Å². The van der Waals surface area contributed by atoms with Gasteiger partial charge in [0, 0.05) is 21.5 Å². The lowest BCUT2D eigenvalue weighted by atomic mass is 9.91. The van der Waals surface area contributed by atoms with Crippen LogP contribution >= 0.6 is 0 Å². The van der Waals surface area contributed by atoms with Gasteiger partial charge in [-0.3, -0.25) is 0 Å². The number of rotatable bonds is 1. The van der Waals surface area contributed by atoms with Gasteiger partial charge in [-0.2, -0.15) is 0 Å². The van der Waals surface area contributed by atoms with Gasteiger partial charge in [0.25, 0.3) is 0 Å². The summed E-state index contributed by atoms with van der Waals surface area (Å²) in [5, 5.41) is 11.8. The van der Waals surface area contributed by atoms with Crippen molar-refractivity contribution in [3.63, 3.8) is 0 Å². The summed E-state index contributed by atoms with van der Waals surface area (Å²) < 4.78 is 12.6. The molecule has 0 aliphatic heterocycles. The molecule has 0 spiro atoms. The lowest BCUT2D eigenvalue weighted by molar-refractivity contribution is 0.668. The fraction of sp³-hybridized carbons (Fsp3) is 0. The number of hydrogen-bond acceptors (Lipinski definition) is 2. The predicted octanol–water partition coefficient (Wildman–Crippen LogP) is 10.6. The van der Waals surface area contributed by atoms with Crippen molar-refractivity contribution >= 4 is 76.2 Å². The van der Waals surface area contributed by atoms with Crippen molar-refractivity contribution in [2.24, 2.45) is 0 Å². The van der Waals surface area contributed by atoms with Crippen LogP contribution in [0, 0.1) is 0 Å². The number of fused-ring (bicyclic) bond motifs is 9. The molecule has 2 heterocycles. The van der Waals surface area contributed by atoms with E-state index in [4.69, 9.17) is 8.83 Å². The molecular weight excluding hydrogens is 464 g/mol. The zero-order valence-corrected chi connectivity index (χ0v) is 20.4. The maximum Gasteiger partial charge on any atom is 0.136 e. The van der Waals surface area contributed by atoms with Crippen LogP contribution in [0.5, 0.6) is 0 Å². The summed E-state index contributed by atoms with van der Waals surface area (Å²) in [6, 6.07) is 43.2. The summed E-state index contributed by atoms with van der Waals surface area (Å²) in [6.07, 6.45) is 0. The first-order valence-corrected chi connectivity index (χ1v) is 12.9. The average Bonchev–Trinajstić information content (AvgIpc) is 3.50. The molecule has 2 heteroatoms. The quantitative estimate of drug-likeness (QED) is 0.217. The summed E-state index contributed by atoms with van der Waals surface area (Å²) >= 11 is 0. The van der Waals surface area contributed by atoms with Crippen molar-refractivity contribution < 1.29 is 8.83 Å². The Hall–Kier alpha value is -5.08. The second-order valence-electron chi connectivity index (χ2n) is 10.1. The minimum absolute atomic E-state index is 0.892. The van der Waals surface area contributed by atoms with Gasteiger partial charge in [-0.1, -0.05) is 72.8 Å². The highest BCUT2D eigenvalue weighted by molar-refractivity contribution is 6.17. The van der Waals surface area contributed by atoms with Crippen LogP contribution in [0.15, 0.2) is 130 Å². The fourth-order valence-electron chi connectivity index (χ4n) is 6.22. The SMILES string of the molecule is c1ccc2c(-c3ccc4c(c3)oc3cc5cc6oc7ccccc7c6cc5cc34)c3ccccc3cc2c1. The smallest absolute Gasteiger partial charge is 0.136 e. The molecule has 9 aromatic rings.